The van der Waals surface area contributed by atoms with Crippen LogP contribution in [0.15, 0.2) is 22.7 Å². The van der Waals surface area contributed by atoms with Gasteiger partial charge in [0.05, 0.1) is 5.92 Å². The average Bonchev–Trinajstić information content (AvgIpc) is 2.56. The number of Topliss-reactive ketones (excluding diaryl/α,β-unsaturated/α-hetero) is 2. The van der Waals surface area contributed by atoms with Gasteiger partial charge in [-0.1, -0.05) is 28.1 Å². The largest absolute Gasteiger partial charge is 0.450 e. The maximum absolute atomic E-state index is 12.3. The smallest absolute Gasteiger partial charge is 0.293 e. The van der Waals surface area contributed by atoms with Crippen LogP contribution in [0.1, 0.15) is 15.9 Å². The molecule has 2 nitrogen and oxygen atoms in total. The van der Waals surface area contributed by atoms with Crippen LogP contribution in [-0.4, -0.2) is 17.7 Å². The van der Waals surface area contributed by atoms with E-state index in [2.05, 4.69) is 15.9 Å². The molecule has 17 heavy (non-hydrogen) atoms. The van der Waals surface area contributed by atoms with Crippen molar-refractivity contribution in [3.05, 3.63) is 33.8 Å². The summed E-state index contributed by atoms with van der Waals surface area (Å²) < 4.78 is 37.4. The molecule has 0 heterocycles. The van der Waals surface area contributed by atoms with E-state index in [0.29, 0.717) is 10.0 Å². The Morgan fingerprint density at radius 2 is 2.00 bits per heavy atom. The Bertz CT molecular complexity index is 508. The SMILES string of the molecule is O=C1c2cccc(Br)c2CC1C(=O)C(F)(F)F. The highest BCUT2D eigenvalue weighted by Crippen LogP contribution is 2.35. The monoisotopic (exact) mass is 306 g/mol. The van der Waals surface area contributed by atoms with Gasteiger partial charge in [0, 0.05) is 10.0 Å². The predicted molar refractivity (Wildman–Crippen MR) is 56.7 cm³/mol. The van der Waals surface area contributed by atoms with Gasteiger partial charge in [-0.3, -0.25) is 9.59 Å². The van der Waals surface area contributed by atoms with E-state index < -0.39 is 23.7 Å². The van der Waals surface area contributed by atoms with Gasteiger partial charge in [-0.15, -0.1) is 0 Å². The maximum atomic E-state index is 12.3. The van der Waals surface area contributed by atoms with Gasteiger partial charge in [-0.25, -0.2) is 0 Å². The van der Waals surface area contributed by atoms with Crippen molar-refractivity contribution in [1.82, 2.24) is 0 Å². The van der Waals surface area contributed by atoms with Gasteiger partial charge >= 0.3 is 6.18 Å². The van der Waals surface area contributed by atoms with Gasteiger partial charge in [-0.2, -0.15) is 13.2 Å². The third kappa shape index (κ3) is 2.01. The Morgan fingerprint density at radius 1 is 1.35 bits per heavy atom. The van der Waals surface area contributed by atoms with Crippen molar-refractivity contribution in [3.8, 4) is 0 Å². The van der Waals surface area contributed by atoms with Crippen molar-refractivity contribution in [2.75, 3.05) is 0 Å². The van der Waals surface area contributed by atoms with E-state index in [4.69, 9.17) is 0 Å². The van der Waals surface area contributed by atoms with Crippen LogP contribution >= 0.6 is 15.9 Å². The lowest BCUT2D eigenvalue weighted by Crippen LogP contribution is -2.33. The summed E-state index contributed by atoms with van der Waals surface area (Å²) in [7, 11) is 0. The molecule has 0 N–H and O–H groups in total. The molecule has 1 aromatic rings. The molecule has 0 aliphatic heterocycles. The Hall–Kier alpha value is -1.17. The van der Waals surface area contributed by atoms with Gasteiger partial charge < -0.3 is 0 Å². The second-order valence-electron chi connectivity index (χ2n) is 3.75. The molecular formula is C11H6BrF3O2. The van der Waals surface area contributed by atoms with Gasteiger partial charge in [0.25, 0.3) is 0 Å². The van der Waals surface area contributed by atoms with Gasteiger partial charge in [0.15, 0.2) is 5.78 Å². The summed E-state index contributed by atoms with van der Waals surface area (Å²) in [4.78, 5) is 22.8. The quantitative estimate of drug-likeness (QED) is 0.748. The van der Waals surface area contributed by atoms with E-state index in [1.165, 1.54) is 6.07 Å². The van der Waals surface area contributed by atoms with Gasteiger partial charge in [0.2, 0.25) is 5.78 Å². The molecule has 0 aromatic heterocycles. The zero-order valence-electron chi connectivity index (χ0n) is 8.34. The lowest BCUT2D eigenvalue weighted by molar-refractivity contribution is -0.173. The van der Waals surface area contributed by atoms with Gasteiger partial charge in [-0.05, 0) is 18.1 Å². The average molecular weight is 307 g/mol. The zero-order chi connectivity index (χ0) is 12.8. The Kier molecular flexibility index (Phi) is 2.85. The predicted octanol–water partition coefficient (Wildman–Crippen LogP) is 2.94. The molecule has 0 fully saturated rings. The Morgan fingerprint density at radius 3 is 2.53 bits per heavy atom. The van der Waals surface area contributed by atoms with Crippen molar-refractivity contribution < 1.29 is 22.8 Å². The van der Waals surface area contributed by atoms with E-state index in [9.17, 15) is 22.8 Å². The highest BCUT2D eigenvalue weighted by Gasteiger charge is 2.49. The van der Waals surface area contributed by atoms with E-state index in [1.807, 2.05) is 0 Å². The van der Waals surface area contributed by atoms with E-state index >= 15 is 0 Å². The zero-order valence-corrected chi connectivity index (χ0v) is 9.93. The molecule has 0 bridgehead atoms. The summed E-state index contributed by atoms with van der Waals surface area (Å²) in [6.07, 6.45) is -5.15. The second-order valence-corrected chi connectivity index (χ2v) is 4.60. The molecule has 0 spiro atoms. The first kappa shape index (κ1) is 12.3. The first-order valence-corrected chi connectivity index (χ1v) is 5.54. The summed E-state index contributed by atoms with van der Waals surface area (Å²) >= 11 is 3.16. The molecule has 6 heteroatoms. The summed E-state index contributed by atoms with van der Waals surface area (Å²) in [5.74, 6) is -4.34. The molecule has 1 aliphatic carbocycles. The fourth-order valence-corrected chi connectivity index (χ4v) is 2.42. The van der Waals surface area contributed by atoms with Crippen LogP contribution in [0.25, 0.3) is 0 Å². The molecule has 1 aromatic carbocycles. The van der Waals surface area contributed by atoms with Crippen LogP contribution in [0.5, 0.6) is 0 Å². The lowest BCUT2D eigenvalue weighted by Gasteiger charge is -2.09. The van der Waals surface area contributed by atoms with Crippen LogP contribution in [0.2, 0.25) is 0 Å². The molecular weight excluding hydrogens is 301 g/mol. The van der Waals surface area contributed by atoms with Crippen LogP contribution in [-0.2, 0) is 11.2 Å². The Labute approximate surface area is 103 Å². The number of carbonyl (C=O) groups excluding carboxylic acids is 2. The van der Waals surface area contributed by atoms with E-state index in [-0.39, 0.29) is 12.0 Å². The number of ketones is 2. The normalized spacial score (nSPS) is 19.3. The number of fused-ring (bicyclic) bond motifs is 1. The molecule has 0 saturated carbocycles. The molecule has 2 rings (SSSR count). The van der Waals surface area contributed by atoms with Crippen molar-refractivity contribution in [1.29, 1.82) is 0 Å². The third-order valence-corrected chi connectivity index (χ3v) is 3.45. The summed E-state index contributed by atoms with van der Waals surface area (Å²) in [6.45, 7) is 0. The fourth-order valence-electron chi connectivity index (χ4n) is 1.89. The topological polar surface area (TPSA) is 34.1 Å². The van der Waals surface area contributed by atoms with Crippen molar-refractivity contribution in [2.24, 2.45) is 5.92 Å². The summed E-state index contributed by atoms with van der Waals surface area (Å²) in [5.41, 5.74) is 0.669. The van der Waals surface area contributed by atoms with Gasteiger partial charge in [0.1, 0.15) is 0 Å². The maximum Gasteiger partial charge on any atom is 0.450 e. The summed E-state index contributed by atoms with van der Waals surface area (Å²) in [6, 6.07) is 4.62. The van der Waals surface area contributed by atoms with Crippen LogP contribution in [0, 0.1) is 5.92 Å². The molecule has 1 unspecified atom stereocenters. The Balaban J connectivity index is 2.39. The van der Waals surface area contributed by atoms with Crippen molar-refractivity contribution in [2.45, 2.75) is 12.6 Å². The number of halogens is 4. The number of hydrogen-bond donors (Lipinski definition) is 0. The minimum absolute atomic E-state index is 0.187. The fraction of sp³-hybridized carbons (Fsp3) is 0.273. The molecule has 0 amide bonds. The molecule has 0 radical (unpaired) electrons. The molecule has 90 valence electrons. The first-order chi connectivity index (χ1) is 7.82. The number of rotatable bonds is 1. The third-order valence-electron chi connectivity index (χ3n) is 2.70. The first-order valence-electron chi connectivity index (χ1n) is 4.75. The molecule has 0 saturated heterocycles. The minimum Gasteiger partial charge on any atom is -0.293 e. The number of carbonyl (C=O) groups is 2. The van der Waals surface area contributed by atoms with E-state index in [1.54, 1.807) is 12.1 Å². The lowest BCUT2D eigenvalue weighted by atomic mass is 9.99. The minimum atomic E-state index is -4.96. The van der Waals surface area contributed by atoms with Crippen LogP contribution in [0.3, 0.4) is 0 Å². The molecule has 1 atom stereocenters. The molecule has 1 aliphatic rings. The second kappa shape index (κ2) is 3.94. The van der Waals surface area contributed by atoms with Crippen molar-refractivity contribution >= 4 is 27.5 Å². The highest BCUT2D eigenvalue weighted by atomic mass is 79.9. The van der Waals surface area contributed by atoms with Crippen LogP contribution in [0.4, 0.5) is 13.2 Å². The number of hydrogen-bond acceptors (Lipinski definition) is 2. The van der Waals surface area contributed by atoms with E-state index in [0.717, 1.165) is 0 Å². The number of alkyl halides is 3. The van der Waals surface area contributed by atoms with Crippen LogP contribution < -0.4 is 0 Å². The van der Waals surface area contributed by atoms with Crippen molar-refractivity contribution in [3.63, 3.8) is 0 Å². The summed E-state index contributed by atoms with van der Waals surface area (Å²) in [5, 5.41) is 0. The number of benzene rings is 1. The highest BCUT2D eigenvalue weighted by molar-refractivity contribution is 9.10. The standard InChI is InChI=1S/C11H6BrF3O2/c12-8-3-1-2-5-6(8)4-7(9(5)16)10(17)11(13,14)15/h1-3,7H,4H2.